The van der Waals surface area contributed by atoms with Gasteiger partial charge in [-0.2, -0.15) is 0 Å². The summed E-state index contributed by atoms with van der Waals surface area (Å²) in [5, 5.41) is 3.07. The van der Waals surface area contributed by atoms with Crippen LogP contribution in [0, 0.1) is 17.8 Å². The minimum absolute atomic E-state index is 0.0240. The van der Waals surface area contributed by atoms with Gasteiger partial charge in [0.05, 0.1) is 10.2 Å². The van der Waals surface area contributed by atoms with Crippen molar-refractivity contribution in [3.8, 4) is 11.8 Å². The number of amides is 2. The Labute approximate surface area is 209 Å². The van der Waals surface area contributed by atoms with Crippen molar-refractivity contribution in [2.24, 2.45) is 5.92 Å². The van der Waals surface area contributed by atoms with E-state index in [0.29, 0.717) is 31.5 Å². The second kappa shape index (κ2) is 12.0. The molecule has 4 rings (SSSR count). The monoisotopic (exact) mass is 491 g/mol. The number of aromatic nitrogens is 1. The Hall–Kier alpha value is -2.82. The van der Waals surface area contributed by atoms with Crippen LogP contribution in [0.25, 0.3) is 10.2 Å². The zero-order valence-electron chi connectivity index (χ0n) is 19.4. The minimum atomic E-state index is -0.0862. The van der Waals surface area contributed by atoms with Gasteiger partial charge >= 0.3 is 0 Å². The fraction of sp³-hybridized carbons (Fsp3) is 0.370. The van der Waals surface area contributed by atoms with E-state index < -0.39 is 0 Å². The first-order chi connectivity index (χ1) is 16.6. The van der Waals surface area contributed by atoms with Crippen LogP contribution in [0.3, 0.4) is 0 Å². The molecule has 5 nitrogen and oxygen atoms in total. The van der Waals surface area contributed by atoms with Gasteiger partial charge in [0.2, 0.25) is 5.91 Å². The average molecular weight is 492 g/mol. The summed E-state index contributed by atoms with van der Waals surface area (Å²) in [6, 6.07) is 15.2. The molecule has 2 amide bonds. The molecule has 0 atom stereocenters. The van der Waals surface area contributed by atoms with Gasteiger partial charge in [-0.05, 0) is 49.6 Å². The SMILES string of the molecule is CCCC#CCCSc1nc2ccc(NC(=O)C3CCN(C(=O)c4ccccc4)CC3)cc2s1. The van der Waals surface area contributed by atoms with Crippen LogP contribution < -0.4 is 5.32 Å². The number of hydrogen-bond donors (Lipinski definition) is 1. The quantitative estimate of drug-likeness (QED) is 0.247. The van der Waals surface area contributed by atoms with Gasteiger partial charge in [-0.3, -0.25) is 9.59 Å². The first-order valence-electron chi connectivity index (χ1n) is 11.8. The molecule has 3 aromatic rings. The first-order valence-corrected chi connectivity index (χ1v) is 13.6. The second-order valence-corrected chi connectivity index (χ2v) is 10.7. The molecule has 7 heteroatoms. The molecule has 0 saturated carbocycles. The van der Waals surface area contributed by atoms with Crippen LogP contribution in [0.4, 0.5) is 5.69 Å². The lowest BCUT2D eigenvalue weighted by atomic mass is 9.95. The number of nitrogens with one attached hydrogen (secondary N) is 1. The number of benzene rings is 2. The van der Waals surface area contributed by atoms with Crippen LogP contribution in [-0.2, 0) is 4.79 Å². The van der Waals surface area contributed by atoms with Crippen molar-refractivity contribution >= 4 is 50.8 Å². The van der Waals surface area contributed by atoms with Crippen molar-refractivity contribution in [1.82, 2.24) is 9.88 Å². The maximum absolute atomic E-state index is 12.9. The maximum Gasteiger partial charge on any atom is 0.253 e. The predicted molar refractivity (Wildman–Crippen MR) is 141 cm³/mol. The summed E-state index contributed by atoms with van der Waals surface area (Å²) in [5.74, 6) is 7.29. The van der Waals surface area contributed by atoms with Gasteiger partial charge in [0.15, 0.2) is 4.34 Å². The lowest BCUT2D eigenvalue weighted by molar-refractivity contribution is -0.121. The Morgan fingerprint density at radius 2 is 1.88 bits per heavy atom. The summed E-state index contributed by atoms with van der Waals surface area (Å²) in [7, 11) is 0. The number of thioether (sulfide) groups is 1. The number of nitrogens with zero attached hydrogens (tertiary/aromatic N) is 2. The van der Waals surface area contributed by atoms with E-state index >= 15 is 0 Å². The van der Waals surface area contributed by atoms with Gasteiger partial charge in [-0.25, -0.2) is 4.98 Å². The summed E-state index contributed by atoms with van der Waals surface area (Å²) in [6.07, 6.45) is 4.29. The summed E-state index contributed by atoms with van der Waals surface area (Å²) in [5.41, 5.74) is 2.45. The zero-order chi connectivity index (χ0) is 23.8. The Bertz CT molecular complexity index is 1190. The van der Waals surface area contributed by atoms with E-state index in [1.54, 1.807) is 23.1 Å². The molecule has 2 heterocycles. The van der Waals surface area contributed by atoms with E-state index in [1.165, 1.54) is 0 Å². The van der Waals surface area contributed by atoms with Crippen molar-refractivity contribution in [3.05, 3.63) is 54.1 Å². The molecule has 1 saturated heterocycles. The zero-order valence-corrected chi connectivity index (χ0v) is 21.0. The van der Waals surface area contributed by atoms with Gasteiger partial charge in [0.1, 0.15) is 0 Å². The molecule has 0 bridgehead atoms. The highest BCUT2D eigenvalue weighted by atomic mass is 32.2. The number of likely N-dealkylation sites (tertiary alicyclic amines) is 1. The maximum atomic E-state index is 12.9. The number of carbonyl (C=O) groups is 2. The normalized spacial score (nSPS) is 14.0. The first kappa shape index (κ1) is 24.3. The van der Waals surface area contributed by atoms with E-state index in [9.17, 15) is 9.59 Å². The lowest BCUT2D eigenvalue weighted by Gasteiger charge is -2.31. The summed E-state index contributed by atoms with van der Waals surface area (Å²) in [6.45, 7) is 3.34. The van der Waals surface area contributed by atoms with Crippen molar-refractivity contribution in [2.45, 2.75) is 43.4 Å². The molecule has 176 valence electrons. The molecule has 1 fully saturated rings. The number of unbranched alkanes of at least 4 members (excludes halogenated alkanes) is 1. The van der Waals surface area contributed by atoms with Crippen molar-refractivity contribution < 1.29 is 9.59 Å². The molecule has 0 aliphatic carbocycles. The fourth-order valence-corrected chi connectivity index (χ4v) is 5.92. The van der Waals surface area contributed by atoms with E-state index in [0.717, 1.165) is 45.3 Å². The molecule has 1 aromatic heterocycles. The number of fused-ring (bicyclic) bond motifs is 1. The van der Waals surface area contributed by atoms with Crippen molar-refractivity contribution in [2.75, 3.05) is 24.2 Å². The highest BCUT2D eigenvalue weighted by Gasteiger charge is 2.28. The standard InChI is InChI=1S/C27H29N3O2S2/c1-2-3-4-5-9-18-33-27-29-23-13-12-22(19-24(23)34-27)28-25(31)20-14-16-30(17-15-20)26(32)21-10-7-6-8-11-21/h6-8,10-13,19-20H,2-3,9,14-18H2,1H3,(H,28,31). The topological polar surface area (TPSA) is 62.3 Å². The Balaban J connectivity index is 1.28. The predicted octanol–water partition coefficient (Wildman–Crippen LogP) is 6.07. The van der Waals surface area contributed by atoms with Crippen LogP contribution in [0.1, 0.15) is 49.4 Å². The van der Waals surface area contributed by atoms with Crippen LogP contribution in [0.15, 0.2) is 52.9 Å². The van der Waals surface area contributed by atoms with Crippen molar-refractivity contribution in [1.29, 1.82) is 0 Å². The molecule has 0 unspecified atom stereocenters. The third-order valence-corrected chi connectivity index (χ3v) is 7.93. The number of hydrogen-bond acceptors (Lipinski definition) is 5. The largest absolute Gasteiger partial charge is 0.339 e. The number of piperidine rings is 1. The number of anilines is 1. The number of rotatable bonds is 7. The van der Waals surface area contributed by atoms with Gasteiger partial charge in [-0.1, -0.05) is 36.9 Å². The molecular formula is C27H29N3O2S2. The van der Waals surface area contributed by atoms with E-state index in [-0.39, 0.29) is 17.7 Å². The van der Waals surface area contributed by atoms with E-state index in [1.807, 2.05) is 53.4 Å². The van der Waals surface area contributed by atoms with Crippen LogP contribution in [0.5, 0.6) is 0 Å². The molecule has 1 N–H and O–H groups in total. The summed E-state index contributed by atoms with van der Waals surface area (Å²) < 4.78 is 2.10. The molecular weight excluding hydrogens is 462 g/mol. The molecule has 0 spiro atoms. The van der Waals surface area contributed by atoms with Gasteiger partial charge < -0.3 is 10.2 Å². The summed E-state index contributed by atoms with van der Waals surface area (Å²) >= 11 is 3.38. The average Bonchev–Trinajstić information content (AvgIpc) is 3.28. The highest BCUT2D eigenvalue weighted by molar-refractivity contribution is 8.01. The third kappa shape index (κ3) is 6.40. The van der Waals surface area contributed by atoms with E-state index in [2.05, 4.69) is 29.1 Å². The van der Waals surface area contributed by atoms with Crippen LogP contribution >= 0.6 is 23.1 Å². The third-order valence-electron chi connectivity index (χ3n) is 5.76. The second-order valence-electron chi connectivity index (χ2n) is 8.29. The van der Waals surface area contributed by atoms with Gasteiger partial charge in [0, 0.05) is 48.9 Å². The van der Waals surface area contributed by atoms with Crippen LogP contribution in [0.2, 0.25) is 0 Å². The molecule has 34 heavy (non-hydrogen) atoms. The Kier molecular flexibility index (Phi) is 8.62. The minimum Gasteiger partial charge on any atom is -0.339 e. The summed E-state index contributed by atoms with van der Waals surface area (Å²) in [4.78, 5) is 32.0. The molecule has 1 aliphatic heterocycles. The van der Waals surface area contributed by atoms with Crippen molar-refractivity contribution in [3.63, 3.8) is 0 Å². The highest BCUT2D eigenvalue weighted by Crippen LogP contribution is 2.32. The number of thiazole rings is 1. The van der Waals surface area contributed by atoms with Crippen LogP contribution in [-0.4, -0.2) is 40.5 Å². The van der Waals surface area contributed by atoms with Gasteiger partial charge in [-0.15, -0.1) is 23.2 Å². The van der Waals surface area contributed by atoms with E-state index in [4.69, 9.17) is 0 Å². The Morgan fingerprint density at radius 1 is 1.12 bits per heavy atom. The lowest BCUT2D eigenvalue weighted by Crippen LogP contribution is -2.41. The molecule has 0 radical (unpaired) electrons. The molecule has 1 aliphatic rings. The fourth-order valence-electron chi connectivity index (χ4n) is 3.89. The number of carbonyl (C=O) groups excluding carboxylic acids is 2. The molecule has 2 aromatic carbocycles. The smallest absolute Gasteiger partial charge is 0.253 e. The van der Waals surface area contributed by atoms with Gasteiger partial charge in [0.25, 0.3) is 5.91 Å². The Morgan fingerprint density at radius 3 is 2.65 bits per heavy atom.